The number of piperidine rings is 1. The predicted octanol–water partition coefficient (Wildman–Crippen LogP) is 3.81. The zero-order valence-corrected chi connectivity index (χ0v) is 18.3. The molecule has 0 saturated carbocycles. The summed E-state index contributed by atoms with van der Waals surface area (Å²) >= 11 is 1.57. The first-order valence-corrected chi connectivity index (χ1v) is 12.3. The Morgan fingerprint density at radius 3 is 2.36 bits per heavy atom. The van der Waals surface area contributed by atoms with E-state index in [0.717, 1.165) is 42.9 Å². The lowest BCUT2D eigenvalue weighted by atomic mass is 10.0. The van der Waals surface area contributed by atoms with Crippen molar-refractivity contribution in [2.75, 3.05) is 23.7 Å². The van der Waals surface area contributed by atoms with Crippen LogP contribution < -0.4 is 10.2 Å². The molecule has 1 N–H and O–H groups in total. The van der Waals surface area contributed by atoms with Gasteiger partial charge in [-0.05, 0) is 62.1 Å². The number of thiophene rings is 1. The minimum atomic E-state index is -3.16. The molecule has 1 amide bonds. The third-order valence-corrected chi connectivity index (χ3v) is 8.24. The Balaban J connectivity index is 1.56. The van der Waals surface area contributed by atoms with Gasteiger partial charge in [0.05, 0.1) is 15.5 Å². The number of hydrogen-bond acceptors (Lipinski definition) is 5. The summed E-state index contributed by atoms with van der Waals surface area (Å²) in [7, 11) is -3.16. The van der Waals surface area contributed by atoms with E-state index < -0.39 is 9.84 Å². The Morgan fingerprint density at radius 2 is 1.82 bits per heavy atom. The molecule has 1 fully saturated rings. The molecule has 7 heteroatoms. The molecular formula is C21H28N2O3S2. The van der Waals surface area contributed by atoms with Gasteiger partial charge in [-0.25, -0.2) is 8.42 Å². The topological polar surface area (TPSA) is 66.5 Å². The van der Waals surface area contributed by atoms with E-state index in [1.165, 1.54) is 10.4 Å². The van der Waals surface area contributed by atoms with Crippen LogP contribution >= 0.6 is 11.3 Å². The van der Waals surface area contributed by atoms with E-state index in [2.05, 4.69) is 24.1 Å². The Morgan fingerprint density at radius 1 is 1.18 bits per heavy atom. The fourth-order valence-corrected chi connectivity index (χ4v) is 5.45. The summed E-state index contributed by atoms with van der Waals surface area (Å²) in [5.41, 5.74) is 2.28. The van der Waals surface area contributed by atoms with E-state index in [1.807, 2.05) is 18.2 Å². The number of anilines is 1. The van der Waals surface area contributed by atoms with Gasteiger partial charge in [-0.15, -0.1) is 11.3 Å². The number of carbonyl (C=O) groups excluding carboxylic acids is 1. The number of benzene rings is 1. The number of aryl methyl sites for hydroxylation is 2. The van der Waals surface area contributed by atoms with Gasteiger partial charge in [-0.1, -0.05) is 13.8 Å². The number of nitrogens with zero attached hydrogens (tertiary/aromatic N) is 1. The van der Waals surface area contributed by atoms with Gasteiger partial charge in [0.2, 0.25) is 0 Å². The lowest BCUT2D eigenvalue weighted by molar-refractivity contribution is 0.0935. The smallest absolute Gasteiger partial charge is 0.261 e. The summed E-state index contributed by atoms with van der Waals surface area (Å²) in [4.78, 5) is 17.2. The summed E-state index contributed by atoms with van der Waals surface area (Å²) in [5, 5.41) is 3.17. The monoisotopic (exact) mass is 420 g/mol. The van der Waals surface area contributed by atoms with Crippen molar-refractivity contribution in [2.24, 2.45) is 0 Å². The van der Waals surface area contributed by atoms with Crippen LogP contribution in [0.2, 0.25) is 0 Å². The van der Waals surface area contributed by atoms with Gasteiger partial charge in [0.25, 0.3) is 5.91 Å². The number of rotatable bonds is 6. The van der Waals surface area contributed by atoms with Crippen molar-refractivity contribution in [1.82, 2.24) is 5.32 Å². The molecular weight excluding hydrogens is 392 g/mol. The molecule has 1 aliphatic rings. The number of carbonyl (C=O) groups is 1. The molecule has 0 bridgehead atoms. The summed E-state index contributed by atoms with van der Waals surface area (Å²) in [5.74, 6) is 0.140. The third-order valence-electron chi connectivity index (χ3n) is 5.40. The Hall–Kier alpha value is -1.86. The Labute approximate surface area is 171 Å². The quantitative estimate of drug-likeness (QED) is 0.772. The van der Waals surface area contributed by atoms with Crippen molar-refractivity contribution in [3.05, 3.63) is 45.6 Å². The minimum absolute atomic E-state index is 0.0281. The highest BCUT2D eigenvalue weighted by atomic mass is 32.2. The lowest BCUT2D eigenvalue weighted by Crippen LogP contribution is -2.44. The standard InChI is InChI=1S/C21H28N2O3S2/c1-4-16-14-20(27-15(16)3)21(24)22-17-10-12-23(13-11-17)18-6-8-19(9-7-18)28(25,26)5-2/h6-9,14,17H,4-5,10-13H2,1-3H3,(H,22,24). The van der Waals surface area contributed by atoms with Crippen molar-refractivity contribution < 1.29 is 13.2 Å². The molecule has 28 heavy (non-hydrogen) atoms. The van der Waals surface area contributed by atoms with Crippen LogP contribution in [0.25, 0.3) is 0 Å². The molecule has 0 aliphatic carbocycles. The van der Waals surface area contributed by atoms with Crippen LogP contribution in [-0.2, 0) is 16.3 Å². The molecule has 0 spiro atoms. The van der Waals surface area contributed by atoms with Gasteiger partial charge < -0.3 is 10.2 Å². The van der Waals surface area contributed by atoms with E-state index in [4.69, 9.17) is 0 Å². The SMILES string of the molecule is CCc1cc(C(=O)NC2CCN(c3ccc(S(=O)(=O)CC)cc3)CC2)sc1C. The number of hydrogen-bond donors (Lipinski definition) is 1. The molecule has 0 radical (unpaired) electrons. The highest BCUT2D eigenvalue weighted by molar-refractivity contribution is 7.91. The molecule has 2 heterocycles. The Kier molecular flexibility index (Phi) is 6.45. The van der Waals surface area contributed by atoms with E-state index in [0.29, 0.717) is 4.90 Å². The van der Waals surface area contributed by atoms with Gasteiger partial charge in [-0.3, -0.25) is 4.79 Å². The second-order valence-corrected chi connectivity index (χ2v) is 10.7. The largest absolute Gasteiger partial charge is 0.371 e. The van der Waals surface area contributed by atoms with Crippen LogP contribution in [0.3, 0.4) is 0 Å². The number of sulfone groups is 1. The predicted molar refractivity (Wildman–Crippen MR) is 115 cm³/mol. The normalized spacial score (nSPS) is 15.6. The van der Waals surface area contributed by atoms with E-state index in [1.54, 1.807) is 30.4 Å². The van der Waals surface area contributed by atoms with Crippen LogP contribution in [-0.4, -0.2) is 39.2 Å². The molecule has 3 rings (SSSR count). The second-order valence-electron chi connectivity index (χ2n) is 7.18. The fraction of sp³-hybridized carbons (Fsp3) is 0.476. The molecule has 1 aliphatic heterocycles. The third kappa shape index (κ3) is 4.58. The van der Waals surface area contributed by atoms with Crippen molar-refractivity contribution in [2.45, 2.75) is 51.0 Å². The van der Waals surface area contributed by atoms with E-state index in [9.17, 15) is 13.2 Å². The molecule has 5 nitrogen and oxygen atoms in total. The maximum Gasteiger partial charge on any atom is 0.261 e. The zero-order valence-electron chi connectivity index (χ0n) is 16.7. The first-order chi connectivity index (χ1) is 13.3. The van der Waals surface area contributed by atoms with Crippen LogP contribution in [0, 0.1) is 6.92 Å². The molecule has 1 aromatic heterocycles. The summed E-state index contributed by atoms with van der Waals surface area (Å²) in [6.45, 7) is 7.51. The summed E-state index contributed by atoms with van der Waals surface area (Å²) < 4.78 is 23.9. The summed E-state index contributed by atoms with van der Waals surface area (Å²) in [6.07, 6.45) is 2.71. The van der Waals surface area contributed by atoms with E-state index in [-0.39, 0.29) is 17.7 Å². The van der Waals surface area contributed by atoms with Crippen molar-refractivity contribution in [1.29, 1.82) is 0 Å². The Bertz CT molecular complexity index is 925. The maximum atomic E-state index is 12.5. The van der Waals surface area contributed by atoms with Crippen LogP contribution in [0.4, 0.5) is 5.69 Å². The summed E-state index contributed by atoms with van der Waals surface area (Å²) in [6, 6.07) is 9.32. The fourth-order valence-electron chi connectivity index (χ4n) is 3.55. The first kappa shape index (κ1) is 20.9. The van der Waals surface area contributed by atoms with Gasteiger partial charge in [-0.2, -0.15) is 0 Å². The maximum absolute atomic E-state index is 12.5. The molecule has 2 aromatic rings. The van der Waals surface area contributed by atoms with Crippen molar-refractivity contribution in [3.8, 4) is 0 Å². The number of amides is 1. The zero-order chi connectivity index (χ0) is 20.3. The highest BCUT2D eigenvalue weighted by Gasteiger charge is 2.23. The van der Waals surface area contributed by atoms with Crippen LogP contribution in [0.5, 0.6) is 0 Å². The van der Waals surface area contributed by atoms with Gasteiger partial charge in [0.1, 0.15) is 0 Å². The molecule has 1 aromatic carbocycles. The average Bonchev–Trinajstić information content (AvgIpc) is 3.09. The average molecular weight is 421 g/mol. The van der Waals surface area contributed by atoms with Crippen molar-refractivity contribution >= 4 is 32.8 Å². The van der Waals surface area contributed by atoms with Gasteiger partial charge in [0.15, 0.2) is 9.84 Å². The van der Waals surface area contributed by atoms with E-state index >= 15 is 0 Å². The molecule has 0 atom stereocenters. The first-order valence-electron chi connectivity index (χ1n) is 9.82. The lowest BCUT2D eigenvalue weighted by Gasteiger charge is -2.34. The van der Waals surface area contributed by atoms with Crippen LogP contribution in [0.1, 0.15) is 46.8 Å². The molecule has 0 unspecified atom stereocenters. The van der Waals surface area contributed by atoms with Gasteiger partial charge in [0, 0.05) is 29.7 Å². The van der Waals surface area contributed by atoms with Crippen LogP contribution in [0.15, 0.2) is 35.2 Å². The minimum Gasteiger partial charge on any atom is -0.371 e. The highest BCUT2D eigenvalue weighted by Crippen LogP contribution is 2.24. The van der Waals surface area contributed by atoms with Crippen molar-refractivity contribution in [3.63, 3.8) is 0 Å². The molecule has 152 valence electrons. The number of nitrogens with one attached hydrogen (secondary N) is 1. The van der Waals surface area contributed by atoms with Gasteiger partial charge >= 0.3 is 0 Å². The molecule has 1 saturated heterocycles. The second kappa shape index (κ2) is 8.66.